The maximum atomic E-state index is 4.37. The lowest BCUT2D eigenvalue weighted by Gasteiger charge is -2.34. The van der Waals surface area contributed by atoms with Gasteiger partial charge in [-0.15, -0.1) is 0 Å². The lowest BCUT2D eigenvalue weighted by molar-refractivity contribution is 0.224. The topological polar surface area (TPSA) is 18.5 Å². The molecule has 0 atom stereocenters. The van der Waals surface area contributed by atoms with Crippen LogP contribution in [0.2, 0.25) is 0 Å². The molecular weight excluding hydrogens is 450 g/mol. The van der Waals surface area contributed by atoms with E-state index < -0.39 is 0 Å². The van der Waals surface area contributed by atoms with E-state index >= 15 is 0 Å². The monoisotopic (exact) mass is 497 g/mol. The quantitative estimate of drug-likeness (QED) is 0.314. The van der Waals surface area contributed by atoms with Crippen LogP contribution in [0.25, 0.3) is 11.4 Å². The van der Waals surface area contributed by atoms with Gasteiger partial charge in [-0.1, -0.05) is 82.1 Å². The van der Waals surface area contributed by atoms with Crippen LogP contribution >= 0.6 is 0 Å². The van der Waals surface area contributed by atoms with E-state index in [0.29, 0.717) is 0 Å². The second kappa shape index (κ2) is 15.6. The van der Waals surface area contributed by atoms with Crippen LogP contribution in [0, 0.1) is 12.8 Å². The van der Waals surface area contributed by atoms with Crippen LogP contribution in [0.4, 0.5) is 5.69 Å². The molecule has 1 heterocycles. The first-order chi connectivity index (χ1) is 17.9. The minimum Gasteiger partial charge on any atom is -0.385 e. The fourth-order valence-electron chi connectivity index (χ4n) is 4.73. The van der Waals surface area contributed by atoms with Crippen LogP contribution < -0.4 is 10.2 Å². The van der Waals surface area contributed by atoms with E-state index in [1.165, 1.54) is 36.2 Å². The summed E-state index contributed by atoms with van der Waals surface area (Å²) in [6, 6.07) is 16.9. The molecular formula is C34H47N3. The zero-order chi connectivity index (χ0) is 27.2. The first-order valence-electron chi connectivity index (χ1n) is 13.7. The highest BCUT2D eigenvalue weighted by Gasteiger charge is 2.19. The van der Waals surface area contributed by atoms with Gasteiger partial charge in [0.25, 0.3) is 0 Å². The second-order valence-electron chi connectivity index (χ2n) is 9.32. The molecule has 1 aliphatic heterocycles. The van der Waals surface area contributed by atoms with E-state index in [9.17, 15) is 0 Å². The maximum Gasteiger partial charge on any atom is 0.0437 e. The van der Waals surface area contributed by atoms with Crippen LogP contribution in [-0.2, 0) is 0 Å². The van der Waals surface area contributed by atoms with Crippen LogP contribution in [0.1, 0.15) is 56.7 Å². The minimum absolute atomic E-state index is 0.746. The van der Waals surface area contributed by atoms with Gasteiger partial charge in [-0.2, -0.15) is 0 Å². The van der Waals surface area contributed by atoms with Crippen molar-refractivity contribution in [3.8, 4) is 0 Å². The molecule has 0 aromatic heterocycles. The molecule has 198 valence electrons. The molecule has 0 unspecified atom stereocenters. The number of nitrogens with zero attached hydrogens (tertiary/aromatic N) is 2. The molecule has 2 aromatic rings. The van der Waals surface area contributed by atoms with E-state index in [-0.39, 0.29) is 0 Å². The number of rotatable bonds is 11. The van der Waals surface area contributed by atoms with Crippen molar-refractivity contribution in [3.05, 3.63) is 115 Å². The van der Waals surface area contributed by atoms with Crippen LogP contribution in [-0.4, -0.2) is 31.6 Å². The number of benzene rings is 2. The molecule has 3 nitrogen and oxygen atoms in total. The normalized spacial score (nSPS) is 14.1. The van der Waals surface area contributed by atoms with Crippen molar-refractivity contribution in [2.24, 2.45) is 5.92 Å². The number of aryl methyl sites for hydroxylation is 1. The number of nitrogens with one attached hydrogen (secondary N) is 1. The van der Waals surface area contributed by atoms with Gasteiger partial charge in [-0.25, -0.2) is 0 Å². The van der Waals surface area contributed by atoms with Crippen molar-refractivity contribution in [2.45, 2.75) is 47.0 Å². The molecule has 0 saturated carbocycles. The third-order valence-electron chi connectivity index (χ3n) is 6.92. The molecule has 1 aliphatic rings. The molecule has 37 heavy (non-hydrogen) atoms. The first-order valence-corrected chi connectivity index (χ1v) is 13.7. The SMILES string of the molecule is C=C/C=C(\C=C/C)N1CCC(CCNC(=C)c2cccc(C(=C)N(C)c3ccccc3C)c2)CC1.CC. The Labute approximate surface area is 226 Å². The predicted molar refractivity (Wildman–Crippen MR) is 165 cm³/mol. The third-order valence-corrected chi connectivity index (χ3v) is 6.92. The van der Waals surface area contributed by atoms with Crippen molar-refractivity contribution < 1.29 is 0 Å². The highest BCUT2D eigenvalue weighted by Crippen LogP contribution is 2.28. The number of likely N-dealkylation sites (tertiary alicyclic amines) is 1. The van der Waals surface area contributed by atoms with Gasteiger partial charge in [0, 0.05) is 49.5 Å². The second-order valence-corrected chi connectivity index (χ2v) is 9.32. The van der Waals surface area contributed by atoms with E-state index in [4.69, 9.17) is 0 Å². The van der Waals surface area contributed by atoms with Gasteiger partial charge in [0.05, 0.1) is 0 Å². The lowest BCUT2D eigenvalue weighted by Crippen LogP contribution is -2.33. The molecule has 1 N–H and O–H groups in total. The smallest absolute Gasteiger partial charge is 0.0437 e. The Balaban J connectivity index is 0.00000235. The Bertz CT molecular complexity index is 1080. The Kier molecular flexibility index (Phi) is 12.6. The largest absolute Gasteiger partial charge is 0.385 e. The molecule has 0 aliphatic carbocycles. The van der Waals surface area contributed by atoms with Gasteiger partial charge in [0.1, 0.15) is 0 Å². The number of piperidine rings is 1. The van der Waals surface area contributed by atoms with E-state index in [1.807, 2.05) is 19.9 Å². The molecule has 0 spiro atoms. The standard InChI is InChI=1S/C32H41N3.C2H6/c1-7-12-31(13-8-2)35-22-19-28(20-23-35)18-21-33-26(4)29-15-11-16-30(24-29)27(5)34(6)32-17-10-9-14-25(32)3;1-2/h7-17,24,28,33H,1,4-5,18-23H2,2-3,6H3;1-2H3/b13-8-,31-12+;. The average Bonchev–Trinajstić information content (AvgIpc) is 2.94. The van der Waals surface area contributed by atoms with E-state index in [1.54, 1.807) is 0 Å². The summed E-state index contributed by atoms with van der Waals surface area (Å²) in [5.74, 6) is 0.746. The fourth-order valence-corrected chi connectivity index (χ4v) is 4.73. The third kappa shape index (κ3) is 8.56. The van der Waals surface area contributed by atoms with Gasteiger partial charge < -0.3 is 15.1 Å². The van der Waals surface area contributed by atoms with Gasteiger partial charge >= 0.3 is 0 Å². The summed E-state index contributed by atoms with van der Waals surface area (Å²) in [5, 5.41) is 3.57. The summed E-state index contributed by atoms with van der Waals surface area (Å²) in [6.07, 6.45) is 11.9. The number of anilines is 1. The average molecular weight is 498 g/mol. The summed E-state index contributed by atoms with van der Waals surface area (Å²) in [6.45, 7) is 23.9. The highest BCUT2D eigenvalue weighted by molar-refractivity contribution is 5.80. The van der Waals surface area contributed by atoms with Crippen molar-refractivity contribution in [1.82, 2.24) is 10.2 Å². The Morgan fingerprint density at radius 2 is 1.73 bits per heavy atom. The molecule has 0 bridgehead atoms. The zero-order valence-electron chi connectivity index (χ0n) is 23.8. The number of hydrogen-bond donors (Lipinski definition) is 1. The summed E-state index contributed by atoms with van der Waals surface area (Å²) in [4.78, 5) is 4.62. The molecule has 3 heteroatoms. The molecule has 1 saturated heterocycles. The van der Waals surface area contributed by atoms with Crippen molar-refractivity contribution in [1.29, 1.82) is 0 Å². The van der Waals surface area contributed by atoms with Crippen molar-refractivity contribution >= 4 is 17.1 Å². The van der Waals surface area contributed by atoms with Crippen LogP contribution in [0.15, 0.2) is 98.3 Å². The molecule has 1 fully saturated rings. The number of hydrogen-bond acceptors (Lipinski definition) is 3. The summed E-state index contributed by atoms with van der Waals surface area (Å²) in [5.41, 5.74) is 7.84. The maximum absolute atomic E-state index is 4.37. The Hall–Kier alpha value is -3.46. The van der Waals surface area contributed by atoms with Gasteiger partial charge in [0.2, 0.25) is 0 Å². The van der Waals surface area contributed by atoms with E-state index in [2.05, 4.69) is 123 Å². The molecule has 3 rings (SSSR count). The Morgan fingerprint density at radius 3 is 2.38 bits per heavy atom. The van der Waals surface area contributed by atoms with Crippen LogP contribution in [0.5, 0.6) is 0 Å². The highest BCUT2D eigenvalue weighted by atomic mass is 15.1. The van der Waals surface area contributed by atoms with Gasteiger partial charge in [0.15, 0.2) is 0 Å². The Morgan fingerprint density at radius 1 is 1.05 bits per heavy atom. The zero-order valence-corrected chi connectivity index (χ0v) is 23.8. The number of para-hydroxylation sites is 1. The van der Waals surface area contributed by atoms with Crippen molar-refractivity contribution in [2.75, 3.05) is 31.6 Å². The van der Waals surface area contributed by atoms with Gasteiger partial charge in [-0.05, 0) is 80.0 Å². The molecule has 2 aromatic carbocycles. The summed E-state index contributed by atoms with van der Waals surface area (Å²) < 4.78 is 0. The summed E-state index contributed by atoms with van der Waals surface area (Å²) in [7, 11) is 2.07. The van der Waals surface area contributed by atoms with Crippen LogP contribution in [0.3, 0.4) is 0 Å². The first kappa shape index (κ1) is 29.8. The van der Waals surface area contributed by atoms with E-state index in [0.717, 1.165) is 48.1 Å². The molecule has 0 amide bonds. The fraction of sp³-hybridized carbons (Fsp3) is 0.353. The predicted octanol–water partition coefficient (Wildman–Crippen LogP) is 8.44. The molecule has 0 radical (unpaired) electrons. The van der Waals surface area contributed by atoms with Gasteiger partial charge in [-0.3, -0.25) is 0 Å². The minimum atomic E-state index is 0.746. The lowest BCUT2D eigenvalue weighted by atomic mass is 9.93. The summed E-state index contributed by atoms with van der Waals surface area (Å²) >= 11 is 0. The van der Waals surface area contributed by atoms with Crippen molar-refractivity contribution in [3.63, 3.8) is 0 Å². The number of allylic oxidation sites excluding steroid dienone is 4.